The number of nitrogens with zero attached hydrogens (tertiary/aromatic N) is 2. The summed E-state index contributed by atoms with van der Waals surface area (Å²) in [5, 5.41) is 14.6. The first-order valence-electron chi connectivity index (χ1n) is 8.24. The lowest BCUT2D eigenvalue weighted by Crippen LogP contribution is -2.12. The van der Waals surface area contributed by atoms with Crippen LogP contribution in [-0.4, -0.2) is 18.5 Å². The molecule has 0 unspecified atom stereocenters. The van der Waals surface area contributed by atoms with Gasteiger partial charge in [-0.2, -0.15) is 0 Å². The van der Waals surface area contributed by atoms with Gasteiger partial charge in [0.25, 0.3) is 10.0 Å². The summed E-state index contributed by atoms with van der Waals surface area (Å²) in [6.07, 6.45) is 3.00. The molecule has 0 aliphatic heterocycles. The van der Waals surface area contributed by atoms with E-state index >= 15 is 0 Å². The minimum absolute atomic E-state index is 0.0280. The number of nitrogens with one attached hydrogen (secondary N) is 1. The maximum atomic E-state index is 12.5. The normalized spacial score (nSPS) is 11.6. The van der Waals surface area contributed by atoms with Gasteiger partial charge in [-0.1, -0.05) is 41.1 Å². The van der Waals surface area contributed by atoms with Crippen LogP contribution in [0.2, 0.25) is 0 Å². The quantitative estimate of drug-likeness (QED) is 0.491. The zero-order chi connectivity index (χ0) is 20.3. The third-order valence-electron chi connectivity index (χ3n) is 3.96. The Morgan fingerprint density at radius 2 is 1.68 bits per heavy atom. The van der Waals surface area contributed by atoms with Gasteiger partial charge < -0.3 is 4.52 Å². The summed E-state index contributed by atoms with van der Waals surface area (Å²) in [6.45, 7) is 3.40. The molecule has 144 valence electrons. The van der Waals surface area contributed by atoms with E-state index in [0.29, 0.717) is 11.3 Å². The van der Waals surface area contributed by atoms with E-state index in [1.54, 1.807) is 30.3 Å². The fraction of sp³-hybridized carbons (Fsp3) is 0.105. The van der Waals surface area contributed by atoms with Crippen LogP contribution in [-0.2, 0) is 10.0 Å². The third-order valence-corrected chi connectivity index (χ3v) is 5.36. The molecular formula is C19H17N3O5S. The predicted molar refractivity (Wildman–Crippen MR) is 105 cm³/mol. The first-order chi connectivity index (χ1) is 13.3. The van der Waals surface area contributed by atoms with Crippen molar-refractivity contribution in [2.24, 2.45) is 0 Å². The summed E-state index contributed by atoms with van der Waals surface area (Å²) in [5.74, 6) is 0.0280. The number of aryl methyl sites for hydroxylation is 2. The molecule has 0 bridgehead atoms. The Morgan fingerprint density at radius 1 is 1.04 bits per heavy atom. The standard InChI is InChI=1S/C19H17N3O5S/c1-13-3-8-16(9-4-13)21-28(25,26)17-10-5-15(6-11-17)7-12-18-19(22(23)24)14(2)20-27-18/h3-12,21H,1-2H3/b12-7+. The van der Waals surface area contributed by atoms with Gasteiger partial charge in [0.2, 0.25) is 5.76 Å². The molecule has 0 aliphatic carbocycles. The monoisotopic (exact) mass is 399 g/mol. The summed E-state index contributed by atoms with van der Waals surface area (Å²) < 4.78 is 32.4. The van der Waals surface area contributed by atoms with Gasteiger partial charge in [-0.05, 0) is 49.8 Å². The Kier molecular flexibility index (Phi) is 5.27. The number of aromatic nitrogens is 1. The van der Waals surface area contributed by atoms with Crippen molar-refractivity contribution < 1.29 is 17.9 Å². The molecule has 0 radical (unpaired) electrons. The number of benzene rings is 2. The molecule has 0 saturated heterocycles. The van der Waals surface area contributed by atoms with E-state index in [1.165, 1.54) is 25.1 Å². The summed E-state index contributed by atoms with van der Waals surface area (Å²) in [6, 6.07) is 13.1. The number of sulfonamides is 1. The number of nitro groups is 1. The molecule has 0 fully saturated rings. The van der Waals surface area contributed by atoms with E-state index in [1.807, 2.05) is 19.1 Å². The van der Waals surface area contributed by atoms with Crippen LogP contribution >= 0.6 is 0 Å². The van der Waals surface area contributed by atoms with Crippen molar-refractivity contribution in [2.75, 3.05) is 4.72 Å². The molecule has 3 rings (SSSR count). The van der Waals surface area contributed by atoms with Gasteiger partial charge in [-0.15, -0.1) is 0 Å². The zero-order valence-corrected chi connectivity index (χ0v) is 15.9. The highest BCUT2D eigenvalue weighted by Crippen LogP contribution is 2.25. The Bertz CT molecular complexity index is 1130. The van der Waals surface area contributed by atoms with Crippen molar-refractivity contribution in [2.45, 2.75) is 18.7 Å². The second-order valence-electron chi connectivity index (χ2n) is 6.11. The van der Waals surface area contributed by atoms with Crippen molar-refractivity contribution in [3.63, 3.8) is 0 Å². The highest BCUT2D eigenvalue weighted by molar-refractivity contribution is 7.92. The number of rotatable bonds is 6. The SMILES string of the molecule is Cc1ccc(NS(=O)(=O)c2ccc(/C=C/c3onc(C)c3[N+](=O)[O-])cc2)cc1. The first-order valence-corrected chi connectivity index (χ1v) is 9.73. The highest BCUT2D eigenvalue weighted by Gasteiger charge is 2.22. The molecule has 0 amide bonds. The van der Waals surface area contributed by atoms with Crippen LogP contribution in [0.3, 0.4) is 0 Å². The average Bonchev–Trinajstić information content (AvgIpc) is 3.03. The predicted octanol–water partition coefficient (Wildman–Crippen LogP) is 4.17. The Morgan fingerprint density at radius 3 is 2.29 bits per heavy atom. The largest absolute Gasteiger partial charge is 0.349 e. The molecule has 1 aromatic heterocycles. The first kappa shape index (κ1) is 19.3. The van der Waals surface area contributed by atoms with E-state index in [-0.39, 0.29) is 22.0 Å². The maximum Gasteiger partial charge on any atom is 0.338 e. The molecule has 9 heteroatoms. The molecule has 0 saturated carbocycles. The summed E-state index contributed by atoms with van der Waals surface area (Å²) in [4.78, 5) is 10.6. The molecule has 2 aromatic carbocycles. The molecule has 0 spiro atoms. The molecule has 8 nitrogen and oxygen atoms in total. The van der Waals surface area contributed by atoms with Crippen LogP contribution in [0, 0.1) is 24.0 Å². The third kappa shape index (κ3) is 4.26. The van der Waals surface area contributed by atoms with Crippen LogP contribution in [0.25, 0.3) is 12.2 Å². The van der Waals surface area contributed by atoms with Crippen molar-refractivity contribution in [1.82, 2.24) is 5.16 Å². The minimum Gasteiger partial charge on any atom is -0.349 e. The number of hydrogen-bond donors (Lipinski definition) is 1. The molecule has 1 N–H and O–H groups in total. The van der Waals surface area contributed by atoms with E-state index in [9.17, 15) is 18.5 Å². The van der Waals surface area contributed by atoms with E-state index in [4.69, 9.17) is 4.52 Å². The van der Waals surface area contributed by atoms with Crippen LogP contribution in [0.4, 0.5) is 11.4 Å². The Balaban J connectivity index is 1.78. The van der Waals surface area contributed by atoms with Gasteiger partial charge in [0.15, 0.2) is 5.69 Å². The molecule has 0 aliphatic rings. The summed E-state index contributed by atoms with van der Waals surface area (Å²) in [5.41, 5.74) is 2.15. The molecule has 28 heavy (non-hydrogen) atoms. The lowest BCUT2D eigenvalue weighted by molar-refractivity contribution is -0.386. The van der Waals surface area contributed by atoms with Crippen LogP contribution in [0.1, 0.15) is 22.6 Å². The zero-order valence-electron chi connectivity index (χ0n) is 15.1. The molecular weight excluding hydrogens is 382 g/mol. The van der Waals surface area contributed by atoms with Crippen LogP contribution < -0.4 is 4.72 Å². The lowest BCUT2D eigenvalue weighted by atomic mass is 10.2. The maximum absolute atomic E-state index is 12.5. The lowest BCUT2D eigenvalue weighted by Gasteiger charge is -2.08. The number of anilines is 1. The summed E-state index contributed by atoms with van der Waals surface area (Å²) >= 11 is 0. The van der Waals surface area contributed by atoms with Gasteiger partial charge in [-0.25, -0.2) is 8.42 Å². The van der Waals surface area contributed by atoms with E-state index in [0.717, 1.165) is 5.56 Å². The average molecular weight is 399 g/mol. The fourth-order valence-corrected chi connectivity index (χ4v) is 3.54. The smallest absolute Gasteiger partial charge is 0.338 e. The van der Waals surface area contributed by atoms with Crippen LogP contribution in [0.5, 0.6) is 0 Å². The van der Waals surface area contributed by atoms with Crippen molar-refractivity contribution in [1.29, 1.82) is 0 Å². The van der Waals surface area contributed by atoms with Gasteiger partial charge in [-0.3, -0.25) is 14.8 Å². The van der Waals surface area contributed by atoms with Gasteiger partial charge in [0.05, 0.1) is 9.82 Å². The minimum atomic E-state index is -3.72. The second kappa shape index (κ2) is 7.65. The second-order valence-corrected chi connectivity index (χ2v) is 7.79. The fourth-order valence-electron chi connectivity index (χ4n) is 2.48. The van der Waals surface area contributed by atoms with Crippen molar-refractivity contribution in [3.05, 3.63) is 81.2 Å². The molecule has 0 atom stereocenters. The Hall–Kier alpha value is -3.46. The number of hydrogen-bond acceptors (Lipinski definition) is 6. The van der Waals surface area contributed by atoms with Gasteiger partial charge >= 0.3 is 5.69 Å². The van der Waals surface area contributed by atoms with Crippen molar-refractivity contribution >= 4 is 33.6 Å². The summed E-state index contributed by atoms with van der Waals surface area (Å²) in [7, 11) is -3.72. The molecule has 1 heterocycles. The van der Waals surface area contributed by atoms with Gasteiger partial charge in [0, 0.05) is 5.69 Å². The van der Waals surface area contributed by atoms with Crippen molar-refractivity contribution in [3.8, 4) is 0 Å². The van der Waals surface area contributed by atoms with Gasteiger partial charge in [0.1, 0.15) is 0 Å². The van der Waals surface area contributed by atoms with Crippen LogP contribution in [0.15, 0.2) is 57.9 Å². The molecule has 3 aromatic rings. The Labute approximate surface area is 161 Å². The highest BCUT2D eigenvalue weighted by atomic mass is 32.2. The van der Waals surface area contributed by atoms with E-state index < -0.39 is 14.9 Å². The van der Waals surface area contributed by atoms with E-state index in [2.05, 4.69) is 9.88 Å². The topological polar surface area (TPSA) is 115 Å².